The van der Waals surface area contributed by atoms with Crippen LogP contribution in [0, 0.1) is 5.41 Å². The van der Waals surface area contributed by atoms with Crippen LogP contribution in [0.2, 0.25) is 0 Å². The molecular formula is C11H15BrF3N3O2. The molecule has 0 atom stereocenters. The van der Waals surface area contributed by atoms with E-state index in [2.05, 4.69) is 26.3 Å². The van der Waals surface area contributed by atoms with Gasteiger partial charge in [-0.05, 0) is 15.9 Å². The summed E-state index contributed by atoms with van der Waals surface area (Å²) >= 11 is 2.96. The molecule has 0 saturated heterocycles. The molecule has 0 aliphatic heterocycles. The number of aliphatic hydroxyl groups is 1. The number of alkyl halides is 3. The molecule has 2 N–H and O–H groups in total. The van der Waals surface area contributed by atoms with Gasteiger partial charge >= 0.3 is 6.18 Å². The van der Waals surface area contributed by atoms with Crippen molar-refractivity contribution < 1.29 is 18.3 Å². The number of aliphatic hydroxyl groups excluding tert-OH is 1. The smallest absolute Gasteiger partial charge is 0.396 e. The lowest BCUT2D eigenvalue weighted by Crippen LogP contribution is -2.32. The van der Waals surface area contributed by atoms with Gasteiger partial charge in [-0.3, -0.25) is 4.79 Å². The van der Waals surface area contributed by atoms with E-state index < -0.39 is 23.7 Å². The average molecular weight is 358 g/mol. The molecule has 0 saturated carbocycles. The lowest BCUT2D eigenvalue weighted by Gasteiger charge is -2.22. The van der Waals surface area contributed by atoms with Crippen LogP contribution in [0.15, 0.2) is 15.5 Å². The minimum Gasteiger partial charge on any atom is -0.396 e. The first-order valence-corrected chi connectivity index (χ1v) is 6.52. The van der Waals surface area contributed by atoms with E-state index in [9.17, 15) is 18.0 Å². The second-order valence-corrected chi connectivity index (χ2v) is 5.92. The molecule has 20 heavy (non-hydrogen) atoms. The number of anilines is 1. The number of halogens is 4. The van der Waals surface area contributed by atoms with E-state index in [4.69, 9.17) is 5.11 Å². The fourth-order valence-corrected chi connectivity index (χ4v) is 1.71. The lowest BCUT2D eigenvalue weighted by molar-refractivity contribution is -0.143. The van der Waals surface area contributed by atoms with E-state index >= 15 is 0 Å². The summed E-state index contributed by atoms with van der Waals surface area (Å²) in [5.41, 5.74) is -1.01. The third-order valence-electron chi connectivity index (χ3n) is 2.50. The van der Waals surface area contributed by atoms with Crippen molar-refractivity contribution in [2.75, 3.05) is 18.5 Å². The molecule has 0 spiro atoms. The largest absolute Gasteiger partial charge is 0.408 e. The van der Waals surface area contributed by atoms with E-state index in [-0.39, 0.29) is 16.8 Å². The standard InChI is InChI=1S/C11H15BrF3N3O2/c1-10(2,6-19)4-16-7-3-17-18(5-11(13,14)15)9(20)8(7)12/h3,16,19H,4-6H2,1-2H3. The molecule has 9 heteroatoms. The van der Waals surface area contributed by atoms with Crippen molar-refractivity contribution in [3.63, 3.8) is 0 Å². The van der Waals surface area contributed by atoms with Crippen molar-refractivity contribution in [2.24, 2.45) is 5.41 Å². The predicted octanol–water partition coefficient (Wildman–Crippen LogP) is 2.00. The Labute approximate surface area is 121 Å². The highest BCUT2D eigenvalue weighted by atomic mass is 79.9. The Morgan fingerprint density at radius 3 is 2.55 bits per heavy atom. The van der Waals surface area contributed by atoms with Gasteiger partial charge in [0, 0.05) is 18.6 Å². The summed E-state index contributed by atoms with van der Waals surface area (Å²) in [5, 5.41) is 15.5. The van der Waals surface area contributed by atoms with Crippen molar-refractivity contribution in [2.45, 2.75) is 26.6 Å². The minimum atomic E-state index is -4.51. The molecule has 1 aromatic heterocycles. The van der Waals surface area contributed by atoms with E-state index in [1.54, 1.807) is 13.8 Å². The fraction of sp³-hybridized carbons (Fsp3) is 0.636. The highest BCUT2D eigenvalue weighted by molar-refractivity contribution is 9.10. The maximum absolute atomic E-state index is 12.2. The Bertz CT molecular complexity index is 529. The molecule has 114 valence electrons. The molecule has 1 heterocycles. The number of hydrogen-bond donors (Lipinski definition) is 2. The van der Waals surface area contributed by atoms with Crippen molar-refractivity contribution >= 4 is 21.6 Å². The van der Waals surface area contributed by atoms with Gasteiger partial charge in [0.25, 0.3) is 5.56 Å². The van der Waals surface area contributed by atoms with E-state index in [1.807, 2.05) is 0 Å². The van der Waals surface area contributed by atoms with Crippen LogP contribution in [0.25, 0.3) is 0 Å². The highest BCUT2D eigenvalue weighted by Crippen LogP contribution is 2.21. The van der Waals surface area contributed by atoms with E-state index in [1.165, 1.54) is 0 Å². The Hall–Kier alpha value is -1.09. The molecule has 0 fully saturated rings. The maximum atomic E-state index is 12.2. The van der Waals surface area contributed by atoms with Crippen LogP contribution in [0.3, 0.4) is 0 Å². The van der Waals surface area contributed by atoms with Gasteiger partial charge in [0.15, 0.2) is 0 Å². The molecule has 5 nitrogen and oxygen atoms in total. The molecule has 0 amide bonds. The number of aromatic nitrogens is 2. The fourth-order valence-electron chi connectivity index (χ4n) is 1.26. The van der Waals surface area contributed by atoms with Gasteiger partial charge in [-0.25, -0.2) is 4.68 Å². The van der Waals surface area contributed by atoms with Crippen molar-refractivity contribution in [3.8, 4) is 0 Å². The molecular weight excluding hydrogens is 343 g/mol. The summed E-state index contributed by atoms with van der Waals surface area (Å²) < 4.78 is 37.1. The van der Waals surface area contributed by atoms with Gasteiger partial charge < -0.3 is 10.4 Å². The third kappa shape index (κ3) is 4.78. The summed E-state index contributed by atoms with van der Waals surface area (Å²) in [6.07, 6.45) is -3.37. The second-order valence-electron chi connectivity index (χ2n) is 5.13. The molecule has 1 rings (SSSR count). The van der Waals surface area contributed by atoms with Gasteiger partial charge in [-0.15, -0.1) is 0 Å². The second kappa shape index (κ2) is 6.13. The first-order chi connectivity index (χ1) is 9.06. The van der Waals surface area contributed by atoms with Gasteiger partial charge in [0.1, 0.15) is 11.0 Å². The van der Waals surface area contributed by atoms with E-state index in [0.717, 1.165) is 6.20 Å². The van der Waals surface area contributed by atoms with Crippen LogP contribution < -0.4 is 10.9 Å². The number of nitrogens with zero attached hydrogens (tertiary/aromatic N) is 2. The quantitative estimate of drug-likeness (QED) is 0.845. The van der Waals surface area contributed by atoms with Crippen molar-refractivity contribution in [1.82, 2.24) is 9.78 Å². The predicted molar refractivity (Wildman–Crippen MR) is 71.6 cm³/mol. The van der Waals surface area contributed by atoms with Crippen molar-refractivity contribution in [1.29, 1.82) is 0 Å². The molecule has 0 aliphatic rings. The van der Waals surface area contributed by atoms with Gasteiger partial charge in [0.05, 0.1) is 11.9 Å². The summed E-state index contributed by atoms with van der Waals surface area (Å²) in [6, 6.07) is 0. The van der Waals surface area contributed by atoms with E-state index in [0.29, 0.717) is 11.2 Å². The number of hydrogen-bond acceptors (Lipinski definition) is 4. The van der Waals surface area contributed by atoms with Gasteiger partial charge in [-0.1, -0.05) is 13.8 Å². The number of rotatable bonds is 5. The Morgan fingerprint density at radius 2 is 2.05 bits per heavy atom. The highest BCUT2D eigenvalue weighted by Gasteiger charge is 2.29. The van der Waals surface area contributed by atoms with Crippen molar-refractivity contribution in [3.05, 3.63) is 21.0 Å². The first-order valence-electron chi connectivity index (χ1n) is 5.73. The maximum Gasteiger partial charge on any atom is 0.408 e. The first kappa shape index (κ1) is 17.0. The lowest BCUT2D eigenvalue weighted by atomic mass is 9.95. The monoisotopic (exact) mass is 357 g/mol. The average Bonchev–Trinajstić information content (AvgIpc) is 2.33. The SMILES string of the molecule is CC(C)(CO)CNc1cnn(CC(F)(F)F)c(=O)c1Br. The Kier molecular flexibility index (Phi) is 5.20. The van der Waals surface area contributed by atoms with Gasteiger partial charge in [0.2, 0.25) is 0 Å². The Balaban J connectivity index is 2.93. The molecule has 1 aromatic rings. The van der Waals surface area contributed by atoms with Crippen LogP contribution >= 0.6 is 15.9 Å². The van der Waals surface area contributed by atoms with Crippen LogP contribution in [0.4, 0.5) is 18.9 Å². The zero-order valence-electron chi connectivity index (χ0n) is 11.0. The summed E-state index contributed by atoms with van der Waals surface area (Å²) in [6.45, 7) is 2.42. The summed E-state index contributed by atoms with van der Waals surface area (Å²) in [7, 11) is 0. The van der Waals surface area contributed by atoms with Gasteiger partial charge in [-0.2, -0.15) is 18.3 Å². The summed E-state index contributed by atoms with van der Waals surface area (Å²) in [5.74, 6) is 0. The van der Waals surface area contributed by atoms with Crippen LogP contribution in [-0.2, 0) is 6.54 Å². The number of nitrogens with one attached hydrogen (secondary N) is 1. The van der Waals surface area contributed by atoms with Crippen LogP contribution in [0.1, 0.15) is 13.8 Å². The Morgan fingerprint density at radius 1 is 1.45 bits per heavy atom. The van der Waals surface area contributed by atoms with Crippen LogP contribution in [0.5, 0.6) is 0 Å². The molecule has 0 bridgehead atoms. The minimum absolute atomic E-state index is 0.0227. The molecule has 0 aliphatic carbocycles. The molecule has 0 radical (unpaired) electrons. The van der Waals surface area contributed by atoms with Crippen LogP contribution in [-0.4, -0.2) is 34.2 Å². The normalized spacial score (nSPS) is 12.6. The summed E-state index contributed by atoms with van der Waals surface area (Å²) in [4.78, 5) is 11.7. The zero-order chi connectivity index (χ0) is 15.6. The third-order valence-corrected chi connectivity index (χ3v) is 3.27. The molecule has 0 unspecified atom stereocenters. The molecule has 0 aromatic carbocycles. The topological polar surface area (TPSA) is 67.2 Å². The zero-order valence-corrected chi connectivity index (χ0v) is 12.5.